The predicted molar refractivity (Wildman–Crippen MR) is 47.5 cm³/mol. The van der Waals surface area contributed by atoms with Crippen LogP contribution in [-0.4, -0.2) is 11.7 Å². The van der Waals surface area contributed by atoms with E-state index < -0.39 is 0 Å². The van der Waals surface area contributed by atoms with Gasteiger partial charge in [-0.25, -0.2) is 0 Å². The maximum absolute atomic E-state index is 5.80. The molecule has 1 heterocycles. The second-order valence-electron chi connectivity index (χ2n) is 4.54. The molecule has 2 unspecified atom stereocenters. The van der Waals surface area contributed by atoms with Gasteiger partial charge in [-0.3, -0.25) is 0 Å². The zero-order valence-corrected chi connectivity index (χ0v) is 8.14. The summed E-state index contributed by atoms with van der Waals surface area (Å²) >= 11 is 0. The molecule has 0 radical (unpaired) electrons. The molecule has 0 aromatic heterocycles. The molecule has 0 saturated carbocycles. The van der Waals surface area contributed by atoms with Crippen molar-refractivity contribution in [2.75, 3.05) is 0 Å². The zero-order valence-electron chi connectivity index (χ0n) is 8.14. The lowest BCUT2D eigenvalue weighted by Gasteiger charge is -2.37. The van der Waals surface area contributed by atoms with Gasteiger partial charge in [0.25, 0.3) is 0 Å². The lowest BCUT2D eigenvalue weighted by atomic mass is 9.78. The standard InChI is InChI=1S/C10H18O/c1-8-6-7-10(5,11-8)9(2,3)4/h6-8H,1-5H3. The largest absolute Gasteiger partial charge is 0.364 e. The third-order valence-electron chi connectivity index (χ3n) is 2.61. The van der Waals surface area contributed by atoms with E-state index in [1.54, 1.807) is 0 Å². The van der Waals surface area contributed by atoms with Gasteiger partial charge in [-0.1, -0.05) is 32.9 Å². The van der Waals surface area contributed by atoms with Crippen molar-refractivity contribution in [1.82, 2.24) is 0 Å². The van der Waals surface area contributed by atoms with Crippen molar-refractivity contribution in [1.29, 1.82) is 0 Å². The Balaban J connectivity index is 2.79. The van der Waals surface area contributed by atoms with Crippen LogP contribution < -0.4 is 0 Å². The molecule has 0 fully saturated rings. The van der Waals surface area contributed by atoms with E-state index in [0.717, 1.165) is 0 Å². The van der Waals surface area contributed by atoms with Gasteiger partial charge in [-0.15, -0.1) is 0 Å². The average Bonchev–Trinajstić information content (AvgIpc) is 2.10. The first-order valence-corrected chi connectivity index (χ1v) is 4.22. The van der Waals surface area contributed by atoms with Gasteiger partial charge in [0, 0.05) is 0 Å². The topological polar surface area (TPSA) is 9.23 Å². The summed E-state index contributed by atoms with van der Waals surface area (Å²) in [6.07, 6.45) is 4.59. The SMILES string of the molecule is CC1C=CC(C)(C(C)(C)C)O1. The molecule has 11 heavy (non-hydrogen) atoms. The quantitative estimate of drug-likeness (QED) is 0.487. The Morgan fingerprint density at radius 3 is 2.09 bits per heavy atom. The van der Waals surface area contributed by atoms with Crippen LogP contribution in [-0.2, 0) is 4.74 Å². The maximum Gasteiger partial charge on any atom is 0.0891 e. The Labute approximate surface area is 69.4 Å². The summed E-state index contributed by atoms with van der Waals surface area (Å²) in [6, 6.07) is 0. The molecular formula is C10H18O. The first kappa shape index (κ1) is 8.79. The van der Waals surface area contributed by atoms with E-state index >= 15 is 0 Å². The summed E-state index contributed by atoms with van der Waals surface area (Å²) in [6.45, 7) is 10.8. The average molecular weight is 154 g/mol. The highest BCUT2D eigenvalue weighted by Gasteiger charge is 2.39. The van der Waals surface area contributed by atoms with Crippen LogP contribution in [0.25, 0.3) is 0 Å². The van der Waals surface area contributed by atoms with Crippen LogP contribution >= 0.6 is 0 Å². The first-order valence-electron chi connectivity index (χ1n) is 4.22. The minimum Gasteiger partial charge on any atom is -0.364 e. The van der Waals surface area contributed by atoms with Crippen molar-refractivity contribution in [2.45, 2.75) is 46.3 Å². The summed E-state index contributed by atoms with van der Waals surface area (Å²) in [4.78, 5) is 0. The first-order chi connectivity index (χ1) is 4.85. The Morgan fingerprint density at radius 2 is 1.91 bits per heavy atom. The monoisotopic (exact) mass is 154 g/mol. The molecule has 0 bridgehead atoms. The normalized spacial score (nSPS) is 38.1. The van der Waals surface area contributed by atoms with Crippen LogP contribution in [0.4, 0.5) is 0 Å². The Hall–Kier alpha value is -0.300. The Bertz CT molecular complexity index is 176. The van der Waals surface area contributed by atoms with E-state index in [9.17, 15) is 0 Å². The van der Waals surface area contributed by atoms with Gasteiger partial charge in [0.15, 0.2) is 0 Å². The fourth-order valence-electron chi connectivity index (χ4n) is 1.21. The van der Waals surface area contributed by atoms with E-state index in [2.05, 4.69) is 46.8 Å². The van der Waals surface area contributed by atoms with Gasteiger partial charge in [0.05, 0.1) is 11.7 Å². The van der Waals surface area contributed by atoms with Gasteiger partial charge in [-0.05, 0) is 19.3 Å². The summed E-state index contributed by atoms with van der Waals surface area (Å²) in [5, 5.41) is 0. The number of ether oxygens (including phenoxy) is 1. The Kier molecular flexibility index (Phi) is 1.87. The minimum absolute atomic E-state index is 0.0770. The van der Waals surface area contributed by atoms with E-state index in [-0.39, 0.29) is 17.1 Å². The van der Waals surface area contributed by atoms with Crippen LogP contribution in [0.5, 0.6) is 0 Å². The van der Waals surface area contributed by atoms with E-state index in [0.29, 0.717) is 0 Å². The molecular weight excluding hydrogens is 136 g/mol. The molecule has 0 amide bonds. The van der Waals surface area contributed by atoms with Crippen molar-refractivity contribution in [2.24, 2.45) is 5.41 Å². The highest BCUT2D eigenvalue weighted by molar-refractivity contribution is 5.13. The smallest absolute Gasteiger partial charge is 0.0891 e. The van der Waals surface area contributed by atoms with Crippen molar-refractivity contribution in [3.8, 4) is 0 Å². The number of hydrogen-bond donors (Lipinski definition) is 0. The molecule has 0 spiro atoms. The van der Waals surface area contributed by atoms with Gasteiger partial charge >= 0.3 is 0 Å². The summed E-state index contributed by atoms with van der Waals surface area (Å²) in [5.41, 5.74) is 0.112. The maximum atomic E-state index is 5.80. The van der Waals surface area contributed by atoms with Crippen LogP contribution in [0.15, 0.2) is 12.2 Å². The third kappa shape index (κ3) is 1.48. The van der Waals surface area contributed by atoms with E-state index in [4.69, 9.17) is 4.74 Å². The Morgan fingerprint density at radius 1 is 1.36 bits per heavy atom. The summed E-state index contributed by atoms with van der Waals surface area (Å²) in [5.74, 6) is 0. The predicted octanol–water partition coefficient (Wildman–Crippen LogP) is 2.77. The highest BCUT2D eigenvalue weighted by atomic mass is 16.5. The molecule has 0 saturated heterocycles. The number of hydrogen-bond acceptors (Lipinski definition) is 1. The fraction of sp³-hybridized carbons (Fsp3) is 0.800. The number of rotatable bonds is 0. The van der Waals surface area contributed by atoms with Crippen LogP contribution in [0.1, 0.15) is 34.6 Å². The van der Waals surface area contributed by atoms with Crippen molar-refractivity contribution >= 4 is 0 Å². The molecule has 0 aromatic rings. The van der Waals surface area contributed by atoms with E-state index in [1.165, 1.54) is 0 Å². The zero-order chi connectivity index (χ0) is 8.70. The molecule has 1 heteroatoms. The molecule has 64 valence electrons. The minimum atomic E-state index is -0.0770. The molecule has 2 atom stereocenters. The molecule has 1 nitrogen and oxygen atoms in total. The van der Waals surface area contributed by atoms with E-state index in [1.807, 2.05) is 0 Å². The van der Waals surface area contributed by atoms with Gasteiger partial charge in [0.1, 0.15) is 0 Å². The molecule has 1 rings (SSSR count). The lowest BCUT2D eigenvalue weighted by Crippen LogP contribution is -2.39. The second kappa shape index (κ2) is 2.34. The van der Waals surface area contributed by atoms with Crippen molar-refractivity contribution in [3.05, 3.63) is 12.2 Å². The molecule has 1 aliphatic heterocycles. The summed E-state index contributed by atoms with van der Waals surface area (Å²) < 4.78 is 5.80. The fourth-order valence-corrected chi connectivity index (χ4v) is 1.21. The van der Waals surface area contributed by atoms with Crippen LogP contribution in [0.2, 0.25) is 0 Å². The molecule has 1 aliphatic rings. The van der Waals surface area contributed by atoms with Gasteiger partial charge in [0.2, 0.25) is 0 Å². The lowest BCUT2D eigenvalue weighted by molar-refractivity contribution is -0.0716. The molecule has 0 aromatic carbocycles. The third-order valence-corrected chi connectivity index (χ3v) is 2.61. The second-order valence-corrected chi connectivity index (χ2v) is 4.54. The van der Waals surface area contributed by atoms with Crippen LogP contribution in [0.3, 0.4) is 0 Å². The highest BCUT2D eigenvalue weighted by Crippen LogP contribution is 2.38. The molecule has 0 aliphatic carbocycles. The van der Waals surface area contributed by atoms with Gasteiger partial charge < -0.3 is 4.74 Å². The summed E-state index contributed by atoms with van der Waals surface area (Å²) in [7, 11) is 0. The van der Waals surface area contributed by atoms with Gasteiger partial charge in [-0.2, -0.15) is 0 Å². The van der Waals surface area contributed by atoms with Crippen molar-refractivity contribution < 1.29 is 4.74 Å². The van der Waals surface area contributed by atoms with Crippen molar-refractivity contribution in [3.63, 3.8) is 0 Å². The van der Waals surface area contributed by atoms with Crippen LogP contribution in [0, 0.1) is 5.41 Å². The molecule has 0 N–H and O–H groups in total.